The molecule has 0 unspecified atom stereocenters. The van der Waals surface area contributed by atoms with Crippen molar-refractivity contribution in [2.75, 3.05) is 24.5 Å². The number of aromatic amines is 2. The van der Waals surface area contributed by atoms with Gasteiger partial charge in [-0.05, 0) is 55.6 Å². The van der Waals surface area contributed by atoms with Crippen LogP contribution >= 0.6 is 0 Å². The Morgan fingerprint density at radius 2 is 2.00 bits per heavy atom. The van der Waals surface area contributed by atoms with Gasteiger partial charge >= 0.3 is 0 Å². The summed E-state index contributed by atoms with van der Waals surface area (Å²) in [6, 6.07) is 8.48. The molecule has 0 spiro atoms. The highest BCUT2D eigenvalue weighted by atomic mass is 15.2. The molecule has 5 heterocycles. The van der Waals surface area contributed by atoms with E-state index in [1.165, 1.54) is 29.7 Å². The maximum atomic E-state index is 5.00. The van der Waals surface area contributed by atoms with Gasteiger partial charge in [-0.2, -0.15) is 5.10 Å². The molecule has 0 bridgehead atoms. The molecule has 1 aliphatic heterocycles. The lowest BCUT2D eigenvalue weighted by Gasteiger charge is -2.17. The minimum atomic E-state index is 0.674. The van der Waals surface area contributed by atoms with E-state index in [9.17, 15) is 0 Å². The average molecular weight is 453 g/mol. The second kappa shape index (κ2) is 8.53. The van der Waals surface area contributed by atoms with Gasteiger partial charge in [-0.25, -0.2) is 9.97 Å². The zero-order chi connectivity index (χ0) is 23.1. The summed E-state index contributed by atoms with van der Waals surface area (Å²) in [5.41, 5.74) is 9.25. The lowest BCUT2D eigenvalue weighted by Crippen LogP contribution is -2.17. The van der Waals surface area contributed by atoms with Gasteiger partial charge in [-0.1, -0.05) is 13.0 Å². The third-order valence-corrected chi connectivity index (χ3v) is 6.78. The van der Waals surface area contributed by atoms with Crippen molar-refractivity contribution in [3.8, 4) is 22.6 Å². The van der Waals surface area contributed by atoms with Crippen LogP contribution in [0.15, 0.2) is 42.9 Å². The van der Waals surface area contributed by atoms with E-state index in [4.69, 9.17) is 4.98 Å². The van der Waals surface area contributed by atoms with Gasteiger partial charge in [0.1, 0.15) is 11.2 Å². The molecule has 1 fully saturated rings. The monoisotopic (exact) mass is 452 g/mol. The summed E-state index contributed by atoms with van der Waals surface area (Å²) in [5.74, 6) is 0.777. The Bertz CT molecular complexity index is 1480. The molecule has 5 aromatic rings. The highest BCUT2D eigenvalue weighted by Crippen LogP contribution is 2.33. The summed E-state index contributed by atoms with van der Waals surface area (Å²) in [4.78, 5) is 20.0. The van der Waals surface area contributed by atoms with Crippen LogP contribution in [0.2, 0.25) is 0 Å². The van der Waals surface area contributed by atoms with E-state index >= 15 is 0 Å². The molecule has 0 atom stereocenters. The number of aromatic nitrogens is 6. The number of hydrogen-bond acceptors (Lipinski definition) is 6. The summed E-state index contributed by atoms with van der Waals surface area (Å²) < 4.78 is 0. The molecule has 8 nitrogen and oxygen atoms in total. The summed E-state index contributed by atoms with van der Waals surface area (Å²) >= 11 is 0. The van der Waals surface area contributed by atoms with Crippen molar-refractivity contribution in [2.45, 2.75) is 33.2 Å². The number of pyridine rings is 2. The Morgan fingerprint density at radius 3 is 2.85 bits per heavy atom. The number of anilines is 1. The SMILES string of the molecule is CCNCc1cncc(-c2cnc3n[nH]c(-c4nc5c(N6CCCC6)cccc5[nH]4)c3c2)c1C. The molecule has 1 saturated heterocycles. The maximum Gasteiger partial charge on any atom is 0.181 e. The lowest BCUT2D eigenvalue weighted by molar-refractivity contribution is 0.721. The van der Waals surface area contributed by atoms with Crippen LogP contribution in [-0.2, 0) is 6.54 Å². The molecule has 6 rings (SSSR count). The number of benzene rings is 1. The fourth-order valence-corrected chi connectivity index (χ4v) is 4.87. The molecular formula is C26H28N8. The van der Waals surface area contributed by atoms with E-state index < -0.39 is 0 Å². The largest absolute Gasteiger partial charge is 0.370 e. The summed E-state index contributed by atoms with van der Waals surface area (Å²) in [7, 11) is 0. The van der Waals surface area contributed by atoms with Gasteiger partial charge in [0, 0.05) is 49.4 Å². The van der Waals surface area contributed by atoms with Crippen molar-refractivity contribution >= 4 is 27.8 Å². The summed E-state index contributed by atoms with van der Waals surface area (Å²) in [6.07, 6.45) is 8.19. The Hall–Kier alpha value is -3.78. The van der Waals surface area contributed by atoms with Gasteiger partial charge in [0.15, 0.2) is 11.5 Å². The molecule has 1 aliphatic rings. The highest BCUT2D eigenvalue weighted by Gasteiger charge is 2.19. The van der Waals surface area contributed by atoms with Crippen molar-refractivity contribution in [3.63, 3.8) is 0 Å². The van der Waals surface area contributed by atoms with Crippen LogP contribution < -0.4 is 10.2 Å². The second-order valence-electron chi connectivity index (χ2n) is 8.90. The Kier molecular flexibility index (Phi) is 5.22. The van der Waals surface area contributed by atoms with Crippen LogP contribution in [-0.4, -0.2) is 49.8 Å². The molecular weight excluding hydrogens is 424 g/mol. The number of rotatable bonds is 6. The third-order valence-electron chi connectivity index (χ3n) is 6.78. The number of imidazole rings is 1. The smallest absolute Gasteiger partial charge is 0.181 e. The van der Waals surface area contributed by atoms with Crippen molar-refractivity contribution in [1.82, 2.24) is 35.5 Å². The van der Waals surface area contributed by atoms with Crippen LogP contribution in [0.25, 0.3) is 44.7 Å². The van der Waals surface area contributed by atoms with Crippen molar-refractivity contribution < 1.29 is 0 Å². The van der Waals surface area contributed by atoms with E-state index in [-0.39, 0.29) is 0 Å². The van der Waals surface area contributed by atoms with Crippen molar-refractivity contribution in [1.29, 1.82) is 0 Å². The highest BCUT2D eigenvalue weighted by molar-refractivity contribution is 5.96. The molecule has 0 radical (unpaired) electrons. The average Bonchev–Trinajstić information content (AvgIpc) is 3.62. The lowest BCUT2D eigenvalue weighted by atomic mass is 9.99. The van der Waals surface area contributed by atoms with Crippen LogP contribution in [0.4, 0.5) is 5.69 Å². The zero-order valence-corrected chi connectivity index (χ0v) is 19.5. The Balaban J connectivity index is 1.43. The zero-order valence-electron chi connectivity index (χ0n) is 19.5. The number of fused-ring (bicyclic) bond motifs is 2. The predicted octanol–water partition coefficient (Wildman–Crippen LogP) is 4.58. The number of H-pyrrole nitrogens is 2. The number of hydrogen-bond donors (Lipinski definition) is 3. The number of para-hydroxylation sites is 1. The minimum absolute atomic E-state index is 0.674. The fourth-order valence-electron chi connectivity index (χ4n) is 4.87. The van der Waals surface area contributed by atoms with Gasteiger partial charge < -0.3 is 15.2 Å². The van der Waals surface area contributed by atoms with E-state index in [1.54, 1.807) is 0 Å². The molecule has 34 heavy (non-hydrogen) atoms. The predicted molar refractivity (Wildman–Crippen MR) is 136 cm³/mol. The molecule has 0 saturated carbocycles. The Morgan fingerprint density at radius 1 is 1.12 bits per heavy atom. The van der Waals surface area contributed by atoms with E-state index in [0.717, 1.165) is 65.2 Å². The molecule has 1 aromatic carbocycles. The van der Waals surface area contributed by atoms with Crippen LogP contribution in [0.1, 0.15) is 30.9 Å². The standard InChI is InChI=1S/C26H28N8/c1-3-27-12-18-13-28-15-20(16(18)2)17-11-19-23(32-33-25(19)29-14-17)26-30-21-7-6-8-22(24(21)31-26)34-9-4-5-10-34/h6-8,11,13-15,27H,3-5,9-10,12H2,1-2H3,(H,30,31)(H,29,32,33). The van der Waals surface area contributed by atoms with Crippen LogP contribution in [0, 0.1) is 6.92 Å². The summed E-state index contributed by atoms with van der Waals surface area (Å²) in [6.45, 7) is 8.14. The third kappa shape index (κ3) is 3.51. The van der Waals surface area contributed by atoms with Gasteiger partial charge in [0.2, 0.25) is 0 Å². The first kappa shape index (κ1) is 20.8. The van der Waals surface area contributed by atoms with Gasteiger partial charge in [-0.15, -0.1) is 0 Å². The molecule has 8 heteroatoms. The van der Waals surface area contributed by atoms with E-state index in [0.29, 0.717) is 5.65 Å². The molecule has 3 N–H and O–H groups in total. The van der Waals surface area contributed by atoms with E-state index in [1.807, 2.05) is 18.6 Å². The second-order valence-corrected chi connectivity index (χ2v) is 8.90. The molecule has 0 amide bonds. The first-order chi connectivity index (χ1) is 16.7. The number of nitrogens with one attached hydrogen (secondary N) is 3. The topological polar surface area (TPSA) is 98.4 Å². The maximum absolute atomic E-state index is 5.00. The van der Waals surface area contributed by atoms with Crippen LogP contribution in [0.3, 0.4) is 0 Å². The first-order valence-electron chi connectivity index (χ1n) is 12.0. The van der Waals surface area contributed by atoms with Gasteiger partial charge in [0.25, 0.3) is 0 Å². The molecule has 0 aliphatic carbocycles. The quantitative estimate of drug-likeness (QED) is 0.349. The first-order valence-corrected chi connectivity index (χ1v) is 12.0. The van der Waals surface area contributed by atoms with Gasteiger partial charge in [-0.3, -0.25) is 10.1 Å². The Labute approximate surface area is 197 Å². The normalized spacial score (nSPS) is 14.0. The van der Waals surface area contributed by atoms with Gasteiger partial charge in [0.05, 0.1) is 16.6 Å². The molecule has 172 valence electrons. The van der Waals surface area contributed by atoms with Crippen LogP contribution in [0.5, 0.6) is 0 Å². The minimum Gasteiger partial charge on any atom is -0.370 e. The fraction of sp³-hybridized carbons (Fsp3) is 0.308. The van der Waals surface area contributed by atoms with Crippen molar-refractivity contribution in [2.24, 2.45) is 0 Å². The number of nitrogens with zero attached hydrogens (tertiary/aromatic N) is 5. The molecule has 4 aromatic heterocycles. The summed E-state index contributed by atoms with van der Waals surface area (Å²) in [5, 5.41) is 11.9. The van der Waals surface area contributed by atoms with Crippen molar-refractivity contribution in [3.05, 3.63) is 54.0 Å². The van der Waals surface area contributed by atoms with E-state index in [2.05, 4.69) is 73.5 Å².